The zero-order valence-electron chi connectivity index (χ0n) is 8.54. The molecule has 1 N–H and O–H groups in total. The van der Waals surface area contributed by atoms with Crippen molar-refractivity contribution in [3.05, 3.63) is 35.4 Å². The molecule has 0 aromatic heterocycles. The topological polar surface area (TPSA) is 38.3 Å². The third-order valence-electron chi connectivity index (χ3n) is 1.84. The molecule has 0 aliphatic heterocycles. The summed E-state index contributed by atoms with van der Waals surface area (Å²) in [6.45, 7) is 2.69. The van der Waals surface area contributed by atoms with Crippen LogP contribution in [0.3, 0.4) is 0 Å². The van der Waals surface area contributed by atoms with E-state index >= 15 is 0 Å². The van der Waals surface area contributed by atoms with Gasteiger partial charge in [-0.3, -0.25) is 4.79 Å². The Kier molecular flexibility index (Phi) is 4.13. The van der Waals surface area contributed by atoms with E-state index in [1.165, 1.54) is 6.92 Å². The van der Waals surface area contributed by atoms with Crippen LogP contribution < -0.4 is 5.32 Å². The summed E-state index contributed by atoms with van der Waals surface area (Å²) >= 11 is 0. The Bertz CT molecular complexity index is 310. The van der Waals surface area contributed by atoms with Gasteiger partial charge in [0.15, 0.2) is 0 Å². The van der Waals surface area contributed by atoms with Gasteiger partial charge in [0.2, 0.25) is 5.91 Å². The number of methoxy groups -OCH3 is 1. The second-order valence-corrected chi connectivity index (χ2v) is 3.16. The molecule has 76 valence electrons. The average Bonchev–Trinajstić information content (AvgIpc) is 2.16. The lowest BCUT2D eigenvalue weighted by Crippen LogP contribution is -2.18. The number of hydrogen-bond acceptors (Lipinski definition) is 2. The zero-order chi connectivity index (χ0) is 10.4. The van der Waals surface area contributed by atoms with E-state index in [1.54, 1.807) is 7.11 Å². The Morgan fingerprint density at radius 3 is 2.79 bits per heavy atom. The zero-order valence-corrected chi connectivity index (χ0v) is 8.54. The summed E-state index contributed by atoms with van der Waals surface area (Å²) in [6, 6.07) is 7.97. The van der Waals surface area contributed by atoms with E-state index in [2.05, 4.69) is 5.32 Å². The number of hydrogen-bond donors (Lipinski definition) is 1. The number of rotatable bonds is 4. The first-order valence-electron chi connectivity index (χ1n) is 4.53. The Morgan fingerprint density at radius 2 is 2.14 bits per heavy atom. The lowest BCUT2D eigenvalue weighted by Gasteiger charge is -2.04. The molecule has 0 heterocycles. The number of benzene rings is 1. The molecule has 3 heteroatoms. The SMILES string of the molecule is COCc1cccc(CNC(C)=O)c1. The predicted octanol–water partition coefficient (Wildman–Crippen LogP) is 1.47. The first-order valence-corrected chi connectivity index (χ1v) is 4.53. The van der Waals surface area contributed by atoms with Gasteiger partial charge in [-0.15, -0.1) is 0 Å². The summed E-state index contributed by atoms with van der Waals surface area (Å²) in [4.78, 5) is 10.7. The summed E-state index contributed by atoms with van der Waals surface area (Å²) in [5.74, 6) is -0.0119. The molecule has 1 amide bonds. The minimum atomic E-state index is -0.0119. The average molecular weight is 193 g/mol. The van der Waals surface area contributed by atoms with Gasteiger partial charge in [0, 0.05) is 20.6 Å². The van der Waals surface area contributed by atoms with Crippen molar-refractivity contribution in [3.63, 3.8) is 0 Å². The van der Waals surface area contributed by atoms with Crippen molar-refractivity contribution in [2.24, 2.45) is 0 Å². The van der Waals surface area contributed by atoms with Crippen LogP contribution in [0, 0.1) is 0 Å². The van der Waals surface area contributed by atoms with E-state index in [4.69, 9.17) is 4.74 Å². The van der Waals surface area contributed by atoms with Gasteiger partial charge in [0.25, 0.3) is 0 Å². The highest BCUT2D eigenvalue weighted by Crippen LogP contribution is 2.05. The van der Waals surface area contributed by atoms with Crippen molar-refractivity contribution in [2.45, 2.75) is 20.1 Å². The maximum Gasteiger partial charge on any atom is 0.217 e. The number of carbonyl (C=O) groups is 1. The molecule has 0 atom stereocenters. The van der Waals surface area contributed by atoms with Gasteiger partial charge in [-0.2, -0.15) is 0 Å². The second-order valence-electron chi connectivity index (χ2n) is 3.16. The Labute approximate surface area is 84.1 Å². The van der Waals surface area contributed by atoms with Crippen molar-refractivity contribution in [1.82, 2.24) is 5.32 Å². The monoisotopic (exact) mass is 193 g/mol. The summed E-state index contributed by atoms with van der Waals surface area (Å²) in [7, 11) is 1.67. The molecule has 0 spiro atoms. The number of nitrogens with one attached hydrogen (secondary N) is 1. The predicted molar refractivity (Wildman–Crippen MR) is 54.7 cm³/mol. The van der Waals surface area contributed by atoms with E-state index in [9.17, 15) is 4.79 Å². The molecule has 1 aromatic rings. The van der Waals surface area contributed by atoms with Crippen LogP contribution in [0.2, 0.25) is 0 Å². The van der Waals surface area contributed by atoms with Gasteiger partial charge in [0.1, 0.15) is 0 Å². The van der Waals surface area contributed by atoms with Gasteiger partial charge in [-0.05, 0) is 11.1 Å². The number of ether oxygens (including phenoxy) is 1. The molecule has 0 unspecified atom stereocenters. The van der Waals surface area contributed by atoms with Crippen molar-refractivity contribution in [1.29, 1.82) is 0 Å². The van der Waals surface area contributed by atoms with Crippen LogP contribution in [0.5, 0.6) is 0 Å². The third kappa shape index (κ3) is 3.58. The summed E-state index contributed by atoms with van der Waals surface area (Å²) < 4.78 is 5.02. The molecule has 0 saturated carbocycles. The highest BCUT2D eigenvalue weighted by molar-refractivity contribution is 5.72. The van der Waals surface area contributed by atoms with Crippen LogP contribution in [0.4, 0.5) is 0 Å². The van der Waals surface area contributed by atoms with E-state index in [-0.39, 0.29) is 5.91 Å². The molecule has 0 saturated heterocycles. The molecule has 0 aliphatic rings. The molecular formula is C11H15NO2. The van der Waals surface area contributed by atoms with Crippen LogP contribution >= 0.6 is 0 Å². The smallest absolute Gasteiger partial charge is 0.217 e. The van der Waals surface area contributed by atoms with Gasteiger partial charge in [-0.1, -0.05) is 24.3 Å². The number of carbonyl (C=O) groups excluding carboxylic acids is 1. The quantitative estimate of drug-likeness (QED) is 0.786. The van der Waals surface area contributed by atoms with Crippen LogP contribution in [-0.4, -0.2) is 13.0 Å². The Morgan fingerprint density at radius 1 is 1.43 bits per heavy atom. The standard InChI is InChI=1S/C11H15NO2/c1-9(13)12-7-10-4-3-5-11(6-10)8-14-2/h3-6H,7-8H2,1-2H3,(H,12,13). The summed E-state index contributed by atoms with van der Waals surface area (Å²) in [5.41, 5.74) is 2.21. The van der Waals surface area contributed by atoms with Crippen molar-refractivity contribution >= 4 is 5.91 Å². The maximum atomic E-state index is 10.7. The first kappa shape index (κ1) is 10.7. The Balaban J connectivity index is 2.58. The molecule has 0 radical (unpaired) electrons. The van der Waals surface area contributed by atoms with Crippen LogP contribution in [0.25, 0.3) is 0 Å². The van der Waals surface area contributed by atoms with Gasteiger partial charge >= 0.3 is 0 Å². The molecular weight excluding hydrogens is 178 g/mol. The second kappa shape index (κ2) is 5.40. The fourth-order valence-corrected chi connectivity index (χ4v) is 1.22. The molecule has 1 rings (SSSR count). The van der Waals surface area contributed by atoms with Gasteiger partial charge < -0.3 is 10.1 Å². The number of amides is 1. The summed E-state index contributed by atoms with van der Waals surface area (Å²) in [6.07, 6.45) is 0. The normalized spacial score (nSPS) is 9.86. The largest absolute Gasteiger partial charge is 0.380 e. The van der Waals surface area contributed by atoms with Gasteiger partial charge in [-0.25, -0.2) is 0 Å². The Hall–Kier alpha value is -1.35. The fraction of sp³-hybridized carbons (Fsp3) is 0.364. The molecule has 0 fully saturated rings. The van der Waals surface area contributed by atoms with Gasteiger partial charge in [0.05, 0.1) is 6.61 Å². The minimum Gasteiger partial charge on any atom is -0.380 e. The highest BCUT2D eigenvalue weighted by Gasteiger charge is 1.96. The molecule has 3 nitrogen and oxygen atoms in total. The van der Waals surface area contributed by atoms with Crippen molar-refractivity contribution in [3.8, 4) is 0 Å². The first-order chi connectivity index (χ1) is 6.72. The lowest BCUT2D eigenvalue weighted by atomic mass is 10.1. The minimum absolute atomic E-state index is 0.0119. The van der Waals surface area contributed by atoms with Crippen LogP contribution in [-0.2, 0) is 22.7 Å². The van der Waals surface area contributed by atoms with E-state index < -0.39 is 0 Å². The third-order valence-corrected chi connectivity index (χ3v) is 1.84. The van der Waals surface area contributed by atoms with Crippen LogP contribution in [0.15, 0.2) is 24.3 Å². The highest BCUT2D eigenvalue weighted by atomic mass is 16.5. The maximum absolute atomic E-state index is 10.7. The van der Waals surface area contributed by atoms with Crippen LogP contribution in [0.1, 0.15) is 18.1 Å². The van der Waals surface area contributed by atoms with E-state index in [1.807, 2.05) is 24.3 Å². The van der Waals surface area contributed by atoms with E-state index in [0.29, 0.717) is 13.2 Å². The van der Waals surface area contributed by atoms with Crippen molar-refractivity contribution in [2.75, 3.05) is 7.11 Å². The lowest BCUT2D eigenvalue weighted by molar-refractivity contribution is -0.119. The molecule has 0 bridgehead atoms. The molecule has 1 aromatic carbocycles. The summed E-state index contributed by atoms with van der Waals surface area (Å²) in [5, 5.41) is 2.75. The molecule has 14 heavy (non-hydrogen) atoms. The fourth-order valence-electron chi connectivity index (χ4n) is 1.22. The molecule has 0 aliphatic carbocycles. The van der Waals surface area contributed by atoms with E-state index in [0.717, 1.165) is 11.1 Å². The van der Waals surface area contributed by atoms with Crippen molar-refractivity contribution < 1.29 is 9.53 Å².